The predicted molar refractivity (Wildman–Crippen MR) is 56.1 cm³/mol. The fourth-order valence-electron chi connectivity index (χ4n) is 1.67. The van der Waals surface area contributed by atoms with Gasteiger partial charge in [0.1, 0.15) is 5.69 Å². The van der Waals surface area contributed by atoms with Crippen LogP contribution in [0.5, 0.6) is 0 Å². The fourth-order valence-corrected chi connectivity index (χ4v) is 1.67. The second-order valence-electron chi connectivity index (χ2n) is 3.86. The van der Waals surface area contributed by atoms with E-state index in [0.717, 1.165) is 12.3 Å². The van der Waals surface area contributed by atoms with Gasteiger partial charge >= 0.3 is 6.18 Å². The van der Waals surface area contributed by atoms with Crippen LogP contribution in [-0.2, 0) is 10.9 Å². The van der Waals surface area contributed by atoms with Crippen molar-refractivity contribution < 1.29 is 23.0 Å². The molecule has 1 aliphatic heterocycles. The number of aromatic nitrogens is 2. The molecule has 18 heavy (non-hydrogen) atoms. The molecule has 1 atom stereocenters. The third-order valence-electron chi connectivity index (χ3n) is 2.56. The number of hydrogen-bond donors (Lipinski definition) is 1. The van der Waals surface area contributed by atoms with Gasteiger partial charge in [0.15, 0.2) is 0 Å². The third kappa shape index (κ3) is 2.88. The minimum absolute atomic E-state index is 0.00609. The van der Waals surface area contributed by atoms with Gasteiger partial charge in [-0.15, -0.1) is 0 Å². The molecule has 0 spiro atoms. The predicted octanol–water partition coefficient (Wildman–Crippen LogP) is 0.693. The molecule has 0 saturated carbocycles. The first-order valence-corrected chi connectivity index (χ1v) is 5.38. The summed E-state index contributed by atoms with van der Waals surface area (Å²) in [4.78, 5) is 8.88. The Morgan fingerprint density at radius 1 is 1.50 bits per heavy atom. The number of alkyl halides is 3. The van der Waals surface area contributed by atoms with Crippen LogP contribution in [-0.4, -0.2) is 47.5 Å². The van der Waals surface area contributed by atoms with Crippen molar-refractivity contribution in [3.8, 4) is 0 Å². The SMILES string of the molecule is OCC1CN(c2nccc(C(F)(F)F)n2)CCO1. The summed E-state index contributed by atoms with van der Waals surface area (Å²) in [5, 5.41) is 8.97. The molecule has 0 bridgehead atoms. The standard InChI is InChI=1S/C10H12F3N3O2/c11-10(12,13)8-1-2-14-9(15-8)16-3-4-18-7(5-16)6-17/h1-2,7,17H,3-6H2. The molecule has 1 aromatic rings. The lowest BCUT2D eigenvalue weighted by atomic mass is 10.3. The molecule has 2 heterocycles. The Bertz CT molecular complexity index is 414. The number of ether oxygens (including phenoxy) is 1. The van der Waals surface area contributed by atoms with Gasteiger partial charge < -0.3 is 14.7 Å². The van der Waals surface area contributed by atoms with Crippen molar-refractivity contribution >= 4 is 5.95 Å². The highest BCUT2D eigenvalue weighted by atomic mass is 19.4. The van der Waals surface area contributed by atoms with Gasteiger partial charge in [0, 0.05) is 19.3 Å². The van der Waals surface area contributed by atoms with Crippen molar-refractivity contribution in [1.29, 1.82) is 0 Å². The summed E-state index contributed by atoms with van der Waals surface area (Å²) in [6.45, 7) is 0.815. The first-order valence-electron chi connectivity index (χ1n) is 5.38. The molecule has 1 saturated heterocycles. The molecule has 0 amide bonds. The highest BCUT2D eigenvalue weighted by Gasteiger charge is 2.33. The molecule has 1 fully saturated rings. The van der Waals surface area contributed by atoms with Crippen molar-refractivity contribution in [3.63, 3.8) is 0 Å². The molecule has 2 rings (SSSR count). The number of morpholine rings is 1. The van der Waals surface area contributed by atoms with Crippen LogP contribution in [0.4, 0.5) is 19.1 Å². The van der Waals surface area contributed by atoms with E-state index in [-0.39, 0.29) is 19.1 Å². The summed E-state index contributed by atoms with van der Waals surface area (Å²) in [5.74, 6) is 0.00609. The van der Waals surface area contributed by atoms with Crippen molar-refractivity contribution in [3.05, 3.63) is 18.0 Å². The van der Waals surface area contributed by atoms with Gasteiger partial charge in [-0.3, -0.25) is 0 Å². The summed E-state index contributed by atoms with van der Waals surface area (Å²) in [6.07, 6.45) is -3.83. The fraction of sp³-hybridized carbons (Fsp3) is 0.600. The maximum Gasteiger partial charge on any atom is 0.433 e. The van der Waals surface area contributed by atoms with E-state index in [0.29, 0.717) is 13.2 Å². The van der Waals surface area contributed by atoms with Gasteiger partial charge in [-0.25, -0.2) is 9.97 Å². The molecule has 1 unspecified atom stereocenters. The third-order valence-corrected chi connectivity index (χ3v) is 2.56. The normalized spacial score (nSPS) is 21.1. The van der Waals surface area contributed by atoms with Crippen LogP contribution in [0.2, 0.25) is 0 Å². The van der Waals surface area contributed by atoms with E-state index in [1.807, 2.05) is 0 Å². The maximum absolute atomic E-state index is 12.5. The van der Waals surface area contributed by atoms with Gasteiger partial charge in [0.05, 0.1) is 19.3 Å². The number of aliphatic hydroxyl groups excluding tert-OH is 1. The Hall–Kier alpha value is -1.41. The monoisotopic (exact) mass is 263 g/mol. The second kappa shape index (κ2) is 5.07. The average Bonchev–Trinajstić information content (AvgIpc) is 2.38. The molecule has 0 radical (unpaired) electrons. The Balaban J connectivity index is 2.18. The lowest BCUT2D eigenvalue weighted by Gasteiger charge is -2.32. The maximum atomic E-state index is 12.5. The minimum atomic E-state index is -4.49. The highest BCUT2D eigenvalue weighted by Crippen LogP contribution is 2.28. The molecule has 1 aliphatic rings. The summed E-state index contributed by atoms with van der Waals surface area (Å²) in [5.41, 5.74) is -0.973. The number of hydrogen-bond acceptors (Lipinski definition) is 5. The number of anilines is 1. The van der Waals surface area contributed by atoms with E-state index in [1.165, 1.54) is 0 Å². The van der Waals surface area contributed by atoms with Gasteiger partial charge in [-0.05, 0) is 6.07 Å². The molecular formula is C10H12F3N3O2. The van der Waals surface area contributed by atoms with Crippen LogP contribution in [0.25, 0.3) is 0 Å². The minimum Gasteiger partial charge on any atom is -0.394 e. The smallest absolute Gasteiger partial charge is 0.394 e. The highest BCUT2D eigenvalue weighted by molar-refractivity contribution is 5.31. The molecule has 1 aromatic heterocycles. The van der Waals surface area contributed by atoms with E-state index in [4.69, 9.17) is 9.84 Å². The zero-order valence-electron chi connectivity index (χ0n) is 9.39. The van der Waals surface area contributed by atoms with Crippen LogP contribution < -0.4 is 4.90 Å². The van der Waals surface area contributed by atoms with Crippen molar-refractivity contribution in [2.75, 3.05) is 31.2 Å². The second-order valence-corrected chi connectivity index (χ2v) is 3.86. The van der Waals surface area contributed by atoms with Crippen LogP contribution in [0.3, 0.4) is 0 Å². The van der Waals surface area contributed by atoms with E-state index in [1.54, 1.807) is 4.90 Å². The summed E-state index contributed by atoms with van der Waals surface area (Å²) < 4.78 is 42.7. The zero-order chi connectivity index (χ0) is 13.2. The van der Waals surface area contributed by atoms with Crippen LogP contribution in [0, 0.1) is 0 Å². The lowest BCUT2D eigenvalue weighted by molar-refractivity contribution is -0.141. The van der Waals surface area contributed by atoms with E-state index in [2.05, 4.69) is 9.97 Å². The number of halogens is 3. The first-order chi connectivity index (χ1) is 8.50. The quantitative estimate of drug-likeness (QED) is 0.851. The van der Waals surface area contributed by atoms with Crippen molar-refractivity contribution in [2.45, 2.75) is 12.3 Å². The average molecular weight is 263 g/mol. The van der Waals surface area contributed by atoms with Crippen LogP contribution in [0.1, 0.15) is 5.69 Å². The number of aliphatic hydroxyl groups is 1. The van der Waals surface area contributed by atoms with Gasteiger partial charge in [-0.2, -0.15) is 13.2 Å². The molecule has 0 aromatic carbocycles. The largest absolute Gasteiger partial charge is 0.433 e. The molecular weight excluding hydrogens is 251 g/mol. The molecule has 0 aliphatic carbocycles. The van der Waals surface area contributed by atoms with Crippen molar-refractivity contribution in [2.24, 2.45) is 0 Å². The van der Waals surface area contributed by atoms with Crippen molar-refractivity contribution in [1.82, 2.24) is 9.97 Å². The Morgan fingerprint density at radius 3 is 2.94 bits per heavy atom. The lowest BCUT2D eigenvalue weighted by Crippen LogP contribution is -2.45. The van der Waals surface area contributed by atoms with E-state index >= 15 is 0 Å². The van der Waals surface area contributed by atoms with Crippen LogP contribution in [0.15, 0.2) is 12.3 Å². The van der Waals surface area contributed by atoms with Crippen LogP contribution >= 0.6 is 0 Å². The summed E-state index contributed by atoms with van der Waals surface area (Å²) in [7, 11) is 0. The Labute approximate surface area is 101 Å². The molecule has 1 N–H and O–H groups in total. The van der Waals surface area contributed by atoms with E-state index in [9.17, 15) is 13.2 Å². The van der Waals surface area contributed by atoms with E-state index < -0.39 is 18.0 Å². The van der Waals surface area contributed by atoms with Gasteiger partial charge in [0.25, 0.3) is 0 Å². The molecule has 5 nitrogen and oxygen atoms in total. The zero-order valence-corrected chi connectivity index (χ0v) is 9.39. The molecule has 8 heteroatoms. The summed E-state index contributed by atoms with van der Waals surface area (Å²) in [6, 6.07) is 0.827. The number of nitrogens with zero attached hydrogens (tertiary/aromatic N) is 3. The summed E-state index contributed by atoms with van der Waals surface area (Å²) >= 11 is 0. The molecule has 100 valence electrons. The Morgan fingerprint density at radius 2 is 2.28 bits per heavy atom. The van der Waals surface area contributed by atoms with Gasteiger partial charge in [-0.1, -0.05) is 0 Å². The first kappa shape index (κ1) is 13.0. The topological polar surface area (TPSA) is 58.5 Å². The Kier molecular flexibility index (Phi) is 3.67. The van der Waals surface area contributed by atoms with Gasteiger partial charge in [0.2, 0.25) is 5.95 Å². The number of rotatable bonds is 2.